The molecule has 18 nitrogen and oxygen atoms in total. The maximum atomic E-state index is 11.8. The lowest BCUT2D eigenvalue weighted by Crippen LogP contribution is -2.37. The first-order valence-electron chi connectivity index (χ1n) is 17.7. The minimum atomic E-state index is -0.556. The summed E-state index contributed by atoms with van der Waals surface area (Å²) in [6, 6.07) is -0.556. The molecule has 5 N–H and O–H groups in total. The standard InChI is InChI=1S/C32H62N6O12S2/c1-29-27-38(37-36-29)4-6-42-8-10-44-12-14-46-16-18-48-20-22-50-24-23-49-21-19-47-17-15-45-13-11-43-9-7-41-5-3-35-32(40)2-25-51-52-28-30(34)31(39)26-33/h27,30H,2-26,28,33-34H2,1H3,(H,35,40)/t30-/m0/s1. The van der Waals surface area contributed by atoms with Crippen LogP contribution in [-0.4, -0.2) is 189 Å². The number of amides is 1. The van der Waals surface area contributed by atoms with Gasteiger partial charge >= 0.3 is 0 Å². The van der Waals surface area contributed by atoms with Gasteiger partial charge in [0.25, 0.3) is 0 Å². The molecule has 1 heterocycles. The van der Waals surface area contributed by atoms with Gasteiger partial charge in [-0.3, -0.25) is 9.59 Å². The second kappa shape index (κ2) is 37.8. The summed E-state index contributed by atoms with van der Waals surface area (Å²) in [5.74, 6) is 0.906. The number of aryl methyl sites for hydroxylation is 1. The van der Waals surface area contributed by atoms with Gasteiger partial charge in [0.2, 0.25) is 5.91 Å². The predicted molar refractivity (Wildman–Crippen MR) is 198 cm³/mol. The quantitative estimate of drug-likeness (QED) is 0.0562. The highest BCUT2D eigenvalue weighted by atomic mass is 33.1. The van der Waals surface area contributed by atoms with Crippen LogP contribution in [0.25, 0.3) is 0 Å². The Morgan fingerprint density at radius 2 is 1.08 bits per heavy atom. The third-order valence-corrected chi connectivity index (χ3v) is 8.83. The fourth-order valence-electron chi connectivity index (χ4n) is 3.65. The van der Waals surface area contributed by atoms with Gasteiger partial charge in [0, 0.05) is 30.7 Å². The van der Waals surface area contributed by atoms with Crippen molar-refractivity contribution in [2.75, 3.05) is 157 Å². The number of nitrogens with zero attached hydrogens (tertiary/aromatic N) is 3. The fourth-order valence-corrected chi connectivity index (χ4v) is 5.80. The lowest BCUT2D eigenvalue weighted by molar-refractivity contribution is -0.121. The Labute approximate surface area is 316 Å². The number of nitrogens with one attached hydrogen (secondary N) is 1. The first-order valence-corrected chi connectivity index (χ1v) is 20.1. The zero-order chi connectivity index (χ0) is 37.6. The zero-order valence-electron chi connectivity index (χ0n) is 30.8. The van der Waals surface area contributed by atoms with E-state index >= 15 is 0 Å². The van der Waals surface area contributed by atoms with Gasteiger partial charge < -0.3 is 64.2 Å². The molecule has 0 aliphatic rings. The van der Waals surface area contributed by atoms with E-state index in [1.54, 1.807) is 4.68 Å². The molecule has 0 radical (unpaired) electrons. The molecule has 1 aromatic heterocycles. The molecule has 304 valence electrons. The Balaban J connectivity index is 1.65. The molecule has 0 aliphatic heterocycles. The van der Waals surface area contributed by atoms with Crippen molar-refractivity contribution >= 4 is 33.3 Å². The SMILES string of the molecule is Cc1cn(CCOCCOCCOCCOCCOCCOCCOCCOCCOCCOCCNC(=O)CCSSC[C@H](N)C(=O)CN)nn1. The van der Waals surface area contributed by atoms with Crippen LogP contribution in [0.15, 0.2) is 6.20 Å². The van der Waals surface area contributed by atoms with Gasteiger partial charge in [-0.25, -0.2) is 4.68 Å². The van der Waals surface area contributed by atoms with E-state index in [9.17, 15) is 9.59 Å². The number of rotatable bonds is 41. The van der Waals surface area contributed by atoms with E-state index in [2.05, 4.69) is 15.6 Å². The number of carbonyl (C=O) groups is 2. The van der Waals surface area contributed by atoms with Crippen LogP contribution in [0.3, 0.4) is 0 Å². The first kappa shape index (κ1) is 48.5. The van der Waals surface area contributed by atoms with Crippen LogP contribution in [0.5, 0.6) is 0 Å². The van der Waals surface area contributed by atoms with Crippen LogP contribution in [-0.2, 0) is 63.5 Å². The van der Waals surface area contributed by atoms with E-state index in [1.165, 1.54) is 21.6 Å². The zero-order valence-corrected chi connectivity index (χ0v) is 32.4. The van der Waals surface area contributed by atoms with Crippen LogP contribution in [0.2, 0.25) is 0 Å². The minimum absolute atomic E-state index is 0.0468. The van der Waals surface area contributed by atoms with E-state index in [0.717, 1.165) is 5.69 Å². The van der Waals surface area contributed by atoms with Crippen molar-refractivity contribution in [2.45, 2.75) is 25.9 Å². The summed E-state index contributed by atoms with van der Waals surface area (Å²) in [4.78, 5) is 23.1. The summed E-state index contributed by atoms with van der Waals surface area (Å²) in [6.45, 7) is 12.7. The lowest BCUT2D eigenvalue weighted by atomic mass is 10.2. The van der Waals surface area contributed by atoms with Crippen molar-refractivity contribution in [3.05, 3.63) is 11.9 Å². The van der Waals surface area contributed by atoms with Crippen LogP contribution >= 0.6 is 21.6 Å². The topological polar surface area (TPSA) is 221 Å². The largest absolute Gasteiger partial charge is 0.377 e. The van der Waals surface area contributed by atoms with Crippen LogP contribution in [0.4, 0.5) is 0 Å². The summed E-state index contributed by atoms with van der Waals surface area (Å²) in [5.41, 5.74) is 11.9. The predicted octanol–water partition coefficient (Wildman–Crippen LogP) is -0.505. The van der Waals surface area contributed by atoms with Crippen molar-refractivity contribution in [2.24, 2.45) is 11.5 Å². The molecule has 0 saturated carbocycles. The molecule has 0 spiro atoms. The molecular formula is C32H62N6O12S2. The van der Waals surface area contributed by atoms with E-state index in [1.807, 2.05) is 13.1 Å². The van der Waals surface area contributed by atoms with E-state index in [4.69, 9.17) is 58.8 Å². The maximum absolute atomic E-state index is 11.8. The number of ketones is 1. The Bertz CT molecular complexity index is 959. The van der Waals surface area contributed by atoms with E-state index in [0.29, 0.717) is 163 Å². The molecule has 0 saturated heterocycles. The summed E-state index contributed by atoms with van der Waals surface area (Å²) < 4.78 is 56.5. The van der Waals surface area contributed by atoms with Gasteiger partial charge in [0.15, 0.2) is 5.78 Å². The monoisotopic (exact) mass is 786 g/mol. The van der Waals surface area contributed by atoms with Crippen LogP contribution in [0, 0.1) is 6.92 Å². The van der Waals surface area contributed by atoms with Crippen molar-refractivity contribution in [3.63, 3.8) is 0 Å². The van der Waals surface area contributed by atoms with Gasteiger partial charge in [-0.2, -0.15) is 0 Å². The highest BCUT2D eigenvalue weighted by molar-refractivity contribution is 8.76. The molecule has 0 aromatic carbocycles. The number of aromatic nitrogens is 3. The molecule has 52 heavy (non-hydrogen) atoms. The summed E-state index contributed by atoms with van der Waals surface area (Å²) in [6.07, 6.45) is 2.26. The van der Waals surface area contributed by atoms with E-state index < -0.39 is 6.04 Å². The molecule has 0 bridgehead atoms. The third kappa shape index (κ3) is 33.1. The molecule has 1 atom stereocenters. The van der Waals surface area contributed by atoms with Crippen molar-refractivity contribution < 1.29 is 57.0 Å². The average molecular weight is 787 g/mol. The normalized spacial score (nSPS) is 12.1. The molecule has 1 rings (SSSR count). The van der Waals surface area contributed by atoms with Gasteiger partial charge in [-0.05, 0) is 6.92 Å². The second-order valence-electron chi connectivity index (χ2n) is 10.7. The van der Waals surface area contributed by atoms with Crippen molar-refractivity contribution in [1.82, 2.24) is 20.3 Å². The summed E-state index contributed by atoms with van der Waals surface area (Å²) in [7, 11) is 2.97. The van der Waals surface area contributed by atoms with Gasteiger partial charge in [-0.1, -0.05) is 26.8 Å². The number of hydrogen-bond acceptors (Lipinski definition) is 18. The molecule has 0 unspecified atom stereocenters. The van der Waals surface area contributed by atoms with E-state index in [-0.39, 0.29) is 18.2 Å². The van der Waals surface area contributed by atoms with Gasteiger partial charge in [0.05, 0.1) is 157 Å². The Kier molecular flexibility index (Phi) is 35.3. The minimum Gasteiger partial charge on any atom is -0.377 e. The number of Topliss-reactive ketones (excluding diaryl/α,β-unsaturated/α-hetero) is 1. The van der Waals surface area contributed by atoms with Gasteiger partial charge in [0.1, 0.15) is 0 Å². The number of nitrogens with two attached hydrogens (primary N) is 2. The molecule has 1 aromatic rings. The van der Waals surface area contributed by atoms with Gasteiger partial charge in [-0.15, -0.1) is 5.10 Å². The molecule has 0 fully saturated rings. The average Bonchev–Trinajstić information content (AvgIpc) is 3.57. The maximum Gasteiger partial charge on any atom is 0.220 e. The fraction of sp³-hybridized carbons (Fsp3) is 0.875. The van der Waals surface area contributed by atoms with Crippen LogP contribution in [0.1, 0.15) is 12.1 Å². The second-order valence-corrected chi connectivity index (χ2v) is 13.4. The summed E-state index contributed by atoms with van der Waals surface area (Å²) in [5, 5.41) is 10.7. The molecular weight excluding hydrogens is 725 g/mol. The number of hydrogen-bond donors (Lipinski definition) is 3. The Morgan fingerprint density at radius 3 is 1.46 bits per heavy atom. The molecule has 1 amide bonds. The molecule has 0 aliphatic carbocycles. The lowest BCUT2D eigenvalue weighted by Gasteiger charge is -2.09. The first-order chi connectivity index (χ1) is 25.5. The summed E-state index contributed by atoms with van der Waals surface area (Å²) >= 11 is 0. The Hall–Kier alpha value is -1.50. The number of ether oxygens (including phenoxy) is 10. The third-order valence-electron chi connectivity index (χ3n) is 6.39. The smallest absolute Gasteiger partial charge is 0.220 e. The molecule has 20 heteroatoms. The highest BCUT2D eigenvalue weighted by Gasteiger charge is 2.11. The van der Waals surface area contributed by atoms with Crippen molar-refractivity contribution in [1.29, 1.82) is 0 Å². The van der Waals surface area contributed by atoms with Crippen molar-refractivity contribution in [3.8, 4) is 0 Å². The highest BCUT2D eigenvalue weighted by Crippen LogP contribution is 2.22. The number of carbonyl (C=O) groups excluding carboxylic acids is 2. The Morgan fingerprint density at radius 1 is 0.673 bits per heavy atom. The van der Waals surface area contributed by atoms with Crippen LogP contribution < -0.4 is 16.8 Å².